The minimum absolute atomic E-state index is 0.0145. The van der Waals surface area contributed by atoms with Crippen LogP contribution < -0.4 is 5.32 Å². The number of carboxylic acids is 1. The Labute approximate surface area is 120 Å². The third-order valence-corrected chi connectivity index (χ3v) is 4.69. The minimum Gasteiger partial charge on any atom is -0.481 e. The standard InChI is InChI=1S/C15H15F2NO3/c16-9-3-4-10(17)11(6-9)18-14(19)12-7-1-2-8(5-7)13(12)15(20)21/h3-4,6-8,12-13H,1-2,5H2,(H,18,19)(H,20,21)/t7-,8+,12+,13+/m1/s1. The van der Waals surface area contributed by atoms with Crippen LogP contribution in [0.15, 0.2) is 18.2 Å². The monoisotopic (exact) mass is 295 g/mol. The number of halogens is 2. The number of anilines is 1. The van der Waals surface area contributed by atoms with Gasteiger partial charge >= 0.3 is 5.97 Å². The van der Waals surface area contributed by atoms with Crippen LogP contribution in [0.1, 0.15) is 19.3 Å². The van der Waals surface area contributed by atoms with Gasteiger partial charge in [-0.25, -0.2) is 8.78 Å². The second kappa shape index (κ2) is 5.09. The van der Waals surface area contributed by atoms with Gasteiger partial charge in [-0.3, -0.25) is 9.59 Å². The van der Waals surface area contributed by atoms with Crippen LogP contribution in [0.5, 0.6) is 0 Å². The largest absolute Gasteiger partial charge is 0.481 e. The molecule has 1 aromatic carbocycles. The molecule has 0 aromatic heterocycles. The maximum absolute atomic E-state index is 13.6. The fourth-order valence-corrected chi connectivity index (χ4v) is 3.83. The molecule has 0 unspecified atom stereocenters. The molecule has 2 N–H and O–H groups in total. The number of carboxylic acid groups (broad SMARTS) is 1. The summed E-state index contributed by atoms with van der Waals surface area (Å²) in [5.74, 6) is -4.26. The molecule has 2 aliphatic carbocycles. The highest BCUT2D eigenvalue weighted by atomic mass is 19.1. The molecule has 0 radical (unpaired) electrons. The second-order valence-corrected chi connectivity index (χ2v) is 5.84. The van der Waals surface area contributed by atoms with Gasteiger partial charge in [-0.1, -0.05) is 0 Å². The molecule has 2 bridgehead atoms. The van der Waals surface area contributed by atoms with Gasteiger partial charge in [0, 0.05) is 6.07 Å². The van der Waals surface area contributed by atoms with E-state index in [0.717, 1.165) is 37.5 Å². The van der Waals surface area contributed by atoms with Gasteiger partial charge in [-0.15, -0.1) is 0 Å². The quantitative estimate of drug-likeness (QED) is 0.901. The number of hydrogen-bond donors (Lipinski definition) is 2. The fraction of sp³-hybridized carbons (Fsp3) is 0.467. The lowest BCUT2D eigenvalue weighted by molar-refractivity contribution is -0.148. The van der Waals surface area contributed by atoms with E-state index in [2.05, 4.69) is 5.32 Å². The van der Waals surface area contributed by atoms with E-state index < -0.39 is 35.3 Å². The highest BCUT2D eigenvalue weighted by molar-refractivity contribution is 5.96. The Morgan fingerprint density at radius 3 is 2.48 bits per heavy atom. The molecule has 4 nitrogen and oxygen atoms in total. The van der Waals surface area contributed by atoms with Crippen molar-refractivity contribution in [2.45, 2.75) is 19.3 Å². The first-order valence-electron chi connectivity index (χ1n) is 6.96. The molecule has 2 saturated carbocycles. The summed E-state index contributed by atoms with van der Waals surface area (Å²) in [7, 11) is 0. The summed E-state index contributed by atoms with van der Waals surface area (Å²) in [6, 6.07) is 2.79. The van der Waals surface area contributed by atoms with E-state index in [4.69, 9.17) is 0 Å². The summed E-state index contributed by atoms with van der Waals surface area (Å²) >= 11 is 0. The van der Waals surface area contributed by atoms with Crippen LogP contribution in [0.25, 0.3) is 0 Å². The Hall–Kier alpha value is -1.98. The number of carbonyl (C=O) groups is 2. The van der Waals surface area contributed by atoms with E-state index in [1.54, 1.807) is 0 Å². The molecule has 3 rings (SSSR count). The van der Waals surface area contributed by atoms with E-state index in [0.29, 0.717) is 0 Å². The highest BCUT2D eigenvalue weighted by Gasteiger charge is 2.54. The third kappa shape index (κ3) is 2.39. The SMILES string of the molecule is O=C(O)[C@H]1[C@H]2CC[C@H](C2)[C@@H]1C(=O)Nc1cc(F)ccc1F. The zero-order valence-corrected chi connectivity index (χ0v) is 11.2. The summed E-state index contributed by atoms with van der Waals surface area (Å²) in [6.07, 6.45) is 2.36. The number of fused-ring (bicyclic) bond motifs is 2. The van der Waals surface area contributed by atoms with Gasteiger partial charge in [-0.05, 0) is 43.2 Å². The average Bonchev–Trinajstić information content (AvgIpc) is 3.03. The van der Waals surface area contributed by atoms with Crippen molar-refractivity contribution >= 4 is 17.6 Å². The van der Waals surface area contributed by atoms with Crippen molar-refractivity contribution in [2.24, 2.45) is 23.7 Å². The summed E-state index contributed by atoms with van der Waals surface area (Å²) in [4.78, 5) is 23.7. The van der Waals surface area contributed by atoms with Crippen LogP contribution in [-0.2, 0) is 9.59 Å². The molecule has 6 heteroatoms. The van der Waals surface area contributed by atoms with Crippen molar-refractivity contribution in [3.63, 3.8) is 0 Å². The van der Waals surface area contributed by atoms with Crippen LogP contribution in [0, 0.1) is 35.3 Å². The number of hydrogen-bond acceptors (Lipinski definition) is 2. The molecule has 0 aliphatic heterocycles. The van der Waals surface area contributed by atoms with Gasteiger partial charge in [0.1, 0.15) is 11.6 Å². The summed E-state index contributed by atoms with van der Waals surface area (Å²) in [5.41, 5.74) is -0.244. The number of nitrogens with one attached hydrogen (secondary N) is 1. The molecule has 1 aromatic rings. The smallest absolute Gasteiger partial charge is 0.307 e. The van der Waals surface area contributed by atoms with Crippen LogP contribution in [0.4, 0.5) is 14.5 Å². The van der Waals surface area contributed by atoms with Crippen LogP contribution >= 0.6 is 0 Å². The summed E-state index contributed by atoms with van der Waals surface area (Å²) in [5, 5.41) is 11.7. The van der Waals surface area contributed by atoms with Gasteiger partial charge < -0.3 is 10.4 Å². The molecule has 4 atom stereocenters. The van der Waals surface area contributed by atoms with Crippen molar-refractivity contribution in [3.8, 4) is 0 Å². The molecule has 0 heterocycles. The van der Waals surface area contributed by atoms with Crippen molar-refractivity contribution in [1.29, 1.82) is 0 Å². The zero-order chi connectivity index (χ0) is 15.1. The first-order chi connectivity index (χ1) is 9.97. The Morgan fingerprint density at radius 1 is 1.14 bits per heavy atom. The molecule has 1 amide bonds. The zero-order valence-electron chi connectivity index (χ0n) is 11.2. The van der Waals surface area contributed by atoms with Crippen molar-refractivity contribution < 1.29 is 23.5 Å². The van der Waals surface area contributed by atoms with Crippen LogP contribution in [-0.4, -0.2) is 17.0 Å². The average molecular weight is 295 g/mol. The maximum atomic E-state index is 13.6. The van der Waals surface area contributed by atoms with Crippen molar-refractivity contribution in [2.75, 3.05) is 5.32 Å². The number of carbonyl (C=O) groups excluding carboxylic acids is 1. The van der Waals surface area contributed by atoms with E-state index in [9.17, 15) is 23.5 Å². The summed E-state index contributed by atoms with van der Waals surface area (Å²) in [6.45, 7) is 0. The molecule has 2 aliphatic rings. The maximum Gasteiger partial charge on any atom is 0.307 e. The third-order valence-electron chi connectivity index (χ3n) is 4.69. The number of benzene rings is 1. The van der Waals surface area contributed by atoms with Crippen molar-refractivity contribution in [3.05, 3.63) is 29.8 Å². The van der Waals surface area contributed by atoms with E-state index in [-0.39, 0.29) is 17.5 Å². The second-order valence-electron chi connectivity index (χ2n) is 5.84. The van der Waals surface area contributed by atoms with Gasteiger partial charge in [0.15, 0.2) is 0 Å². The Balaban J connectivity index is 1.81. The number of amides is 1. The summed E-state index contributed by atoms with van der Waals surface area (Å²) < 4.78 is 26.7. The predicted octanol–water partition coefficient (Wildman–Crippen LogP) is 2.65. The van der Waals surface area contributed by atoms with Crippen LogP contribution in [0.2, 0.25) is 0 Å². The molecular formula is C15H15F2NO3. The predicted molar refractivity (Wildman–Crippen MR) is 70.4 cm³/mol. The Bertz CT molecular complexity index is 605. The fourth-order valence-electron chi connectivity index (χ4n) is 3.83. The van der Waals surface area contributed by atoms with Crippen LogP contribution in [0.3, 0.4) is 0 Å². The molecular weight excluding hydrogens is 280 g/mol. The normalized spacial score (nSPS) is 30.4. The van der Waals surface area contributed by atoms with Gasteiger partial charge in [-0.2, -0.15) is 0 Å². The first kappa shape index (κ1) is 14.0. The van der Waals surface area contributed by atoms with E-state index >= 15 is 0 Å². The molecule has 112 valence electrons. The highest BCUT2D eigenvalue weighted by Crippen LogP contribution is 2.52. The van der Waals surface area contributed by atoms with Crippen molar-refractivity contribution in [1.82, 2.24) is 0 Å². The minimum atomic E-state index is -0.984. The number of aliphatic carboxylic acids is 1. The first-order valence-corrected chi connectivity index (χ1v) is 6.96. The van der Waals surface area contributed by atoms with Gasteiger partial charge in [0.2, 0.25) is 5.91 Å². The van der Waals surface area contributed by atoms with E-state index in [1.807, 2.05) is 0 Å². The van der Waals surface area contributed by atoms with Gasteiger partial charge in [0.25, 0.3) is 0 Å². The Morgan fingerprint density at radius 2 is 1.81 bits per heavy atom. The molecule has 2 fully saturated rings. The number of rotatable bonds is 3. The molecule has 0 saturated heterocycles. The Kier molecular flexibility index (Phi) is 3.39. The lowest BCUT2D eigenvalue weighted by Gasteiger charge is -2.27. The lowest BCUT2D eigenvalue weighted by atomic mass is 9.78. The molecule has 0 spiro atoms. The lowest BCUT2D eigenvalue weighted by Crippen LogP contribution is -2.38. The van der Waals surface area contributed by atoms with Gasteiger partial charge in [0.05, 0.1) is 17.5 Å². The molecule has 21 heavy (non-hydrogen) atoms. The topological polar surface area (TPSA) is 66.4 Å². The van der Waals surface area contributed by atoms with E-state index in [1.165, 1.54) is 0 Å².